The van der Waals surface area contributed by atoms with Crippen LogP contribution >= 0.6 is 22.9 Å². The molecule has 0 bridgehead atoms. The van der Waals surface area contributed by atoms with Crippen LogP contribution in [0.25, 0.3) is 0 Å². The zero-order valence-corrected chi connectivity index (χ0v) is 16.5. The van der Waals surface area contributed by atoms with Gasteiger partial charge in [0.1, 0.15) is 5.00 Å². The van der Waals surface area contributed by atoms with Gasteiger partial charge in [0, 0.05) is 30.2 Å². The maximum atomic E-state index is 12.3. The summed E-state index contributed by atoms with van der Waals surface area (Å²) in [5.74, 6) is -0.805. The molecule has 0 saturated carbocycles. The molecule has 140 valence electrons. The molecule has 0 saturated heterocycles. The monoisotopic (exact) mass is 395 g/mol. The summed E-state index contributed by atoms with van der Waals surface area (Å²) in [5, 5.41) is 6.85. The first-order chi connectivity index (χ1) is 12.4. The second-order valence-corrected chi connectivity index (χ2v) is 7.09. The highest BCUT2D eigenvalue weighted by molar-refractivity contribution is 7.18. The Hall–Kier alpha value is -2.09. The summed E-state index contributed by atoms with van der Waals surface area (Å²) in [7, 11) is 1.54. The predicted molar refractivity (Wildman–Crippen MR) is 105 cm³/mol. The van der Waals surface area contributed by atoms with Gasteiger partial charge in [-0.2, -0.15) is 0 Å². The lowest BCUT2D eigenvalue weighted by Gasteiger charge is -2.15. The molecule has 0 unspecified atom stereocenters. The van der Waals surface area contributed by atoms with Crippen LogP contribution in [0.2, 0.25) is 5.02 Å². The van der Waals surface area contributed by atoms with E-state index in [1.165, 1.54) is 7.05 Å². The van der Waals surface area contributed by atoms with Crippen molar-refractivity contribution in [3.63, 3.8) is 0 Å². The molecule has 1 aromatic heterocycles. The van der Waals surface area contributed by atoms with Gasteiger partial charge in [0.15, 0.2) is 0 Å². The summed E-state index contributed by atoms with van der Waals surface area (Å²) in [6.07, 6.45) is 0. The van der Waals surface area contributed by atoms with Crippen molar-refractivity contribution < 1.29 is 14.3 Å². The maximum absolute atomic E-state index is 12.3. The molecular weight excluding hydrogens is 374 g/mol. The molecule has 1 heterocycles. The van der Waals surface area contributed by atoms with Gasteiger partial charge >= 0.3 is 5.97 Å². The molecule has 1 atom stereocenters. The summed E-state index contributed by atoms with van der Waals surface area (Å²) in [4.78, 5) is 24.9. The van der Waals surface area contributed by atoms with Crippen LogP contribution in [0.5, 0.6) is 0 Å². The minimum absolute atomic E-state index is 0.0130. The quantitative estimate of drug-likeness (QED) is 0.625. The van der Waals surface area contributed by atoms with E-state index >= 15 is 0 Å². The van der Waals surface area contributed by atoms with E-state index in [1.54, 1.807) is 6.92 Å². The van der Waals surface area contributed by atoms with Crippen molar-refractivity contribution in [1.82, 2.24) is 10.6 Å². The van der Waals surface area contributed by atoms with Gasteiger partial charge in [-0.3, -0.25) is 4.79 Å². The lowest BCUT2D eigenvalue weighted by Crippen LogP contribution is -2.24. The Morgan fingerprint density at radius 3 is 2.54 bits per heavy atom. The Bertz CT molecular complexity index is 790. The molecule has 4 N–H and O–H groups in total. The van der Waals surface area contributed by atoms with E-state index in [0.717, 1.165) is 16.9 Å². The number of halogens is 1. The molecule has 0 aliphatic carbocycles. The van der Waals surface area contributed by atoms with E-state index in [2.05, 4.69) is 10.6 Å². The maximum Gasteiger partial charge on any atom is 0.341 e. The SMILES string of the molecule is CCOC(=O)c1c(N)sc(C(=O)NC)c1CN[C@H](C)c1ccc(Cl)cc1. The van der Waals surface area contributed by atoms with Crippen molar-refractivity contribution in [2.45, 2.75) is 26.4 Å². The van der Waals surface area contributed by atoms with E-state index in [-0.39, 0.29) is 29.1 Å². The fraction of sp³-hybridized carbons (Fsp3) is 0.333. The Labute approximate surface area is 161 Å². The van der Waals surface area contributed by atoms with E-state index < -0.39 is 5.97 Å². The van der Waals surface area contributed by atoms with Gasteiger partial charge in [-0.15, -0.1) is 11.3 Å². The number of nitrogens with one attached hydrogen (secondary N) is 2. The number of esters is 1. The predicted octanol–water partition coefficient (Wildman–Crippen LogP) is 3.37. The number of thiophene rings is 1. The summed E-state index contributed by atoms with van der Waals surface area (Å²) in [6.45, 7) is 4.25. The van der Waals surface area contributed by atoms with Gasteiger partial charge in [-0.1, -0.05) is 23.7 Å². The number of rotatable bonds is 7. The number of amides is 1. The van der Waals surface area contributed by atoms with Gasteiger partial charge in [0.25, 0.3) is 5.91 Å². The lowest BCUT2D eigenvalue weighted by molar-refractivity contribution is 0.0526. The number of nitrogen functional groups attached to an aromatic ring is 1. The van der Waals surface area contributed by atoms with E-state index in [1.807, 2.05) is 31.2 Å². The van der Waals surface area contributed by atoms with Crippen LogP contribution in [0.1, 0.15) is 51.0 Å². The highest BCUT2D eigenvalue weighted by atomic mass is 35.5. The minimum Gasteiger partial charge on any atom is -0.462 e. The molecule has 2 rings (SSSR count). The van der Waals surface area contributed by atoms with E-state index in [0.29, 0.717) is 22.0 Å². The Morgan fingerprint density at radius 2 is 1.96 bits per heavy atom. The van der Waals surface area contributed by atoms with Crippen molar-refractivity contribution in [3.05, 3.63) is 50.9 Å². The molecule has 0 radical (unpaired) electrons. The zero-order valence-electron chi connectivity index (χ0n) is 14.9. The molecular formula is C18H22ClN3O3S. The minimum atomic E-state index is -0.521. The van der Waals surface area contributed by atoms with Crippen LogP contribution in [0.3, 0.4) is 0 Å². The third kappa shape index (κ3) is 4.55. The first kappa shape index (κ1) is 20.2. The van der Waals surface area contributed by atoms with Crippen molar-refractivity contribution in [2.75, 3.05) is 19.4 Å². The Morgan fingerprint density at radius 1 is 1.31 bits per heavy atom. The Kier molecular flexibility index (Phi) is 7.02. The van der Waals surface area contributed by atoms with Crippen molar-refractivity contribution in [1.29, 1.82) is 0 Å². The number of ether oxygens (including phenoxy) is 1. The molecule has 8 heteroatoms. The second kappa shape index (κ2) is 9.02. The highest BCUT2D eigenvalue weighted by Gasteiger charge is 2.26. The lowest BCUT2D eigenvalue weighted by atomic mass is 10.1. The van der Waals surface area contributed by atoms with Crippen molar-refractivity contribution in [2.24, 2.45) is 0 Å². The van der Waals surface area contributed by atoms with Gasteiger partial charge in [0.05, 0.1) is 17.0 Å². The molecule has 6 nitrogen and oxygen atoms in total. The summed E-state index contributed by atoms with van der Waals surface area (Å²) in [5.41, 5.74) is 7.84. The van der Waals surface area contributed by atoms with Crippen LogP contribution in [-0.4, -0.2) is 25.5 Å². The van der Waals surface area contributed by atoms with Crippen molar-refractivity contribution in [3.8, 4) is 0 Å². The molecule has 2 aromatic rings. The van der Waals surface area contributed by atoms with Crippen LogP contribution in [-0.2, 0) is 11.3 Å². The molecule has 0 spiro atoms. The largest absolute Gasteiger partial charge is 0.462 e. The average Bonchev–Trinajstić information content (AvgIpc) is 2.96. The molecule has 26 heavy (non-hydrogen) atoms. The molecule has 1 aromatic carbocycles. The fourth-order valence-electron chi connectivity index (χ4n) is 2.50. The van der Waals surface area contributed by atoms with E-state index in [9.17, 15) is 9.59 Å². The number of hydrogen-bond acceptors (Lipinski definition) is 6. The van der Waals surface area contributed by atoms with Crippen LogP contribution in [0.15, 0.2) is 24.3 Å². The normalized spacial score (nSPS) is 11.8. The summed E-state index contributed by atoms with van der Waals surface area (Å²) >= 11 is 7.00. The number of nitrogens with two attached hydrogens (primary N) is 1. The van der Waals surface area contributed by atoms with Gasteiger partial charge in [-0.05, 0) is 31.5 Å². The van der Waals surface area contributed by atoms with Crippen LogP contribution < -0.4 is 16.4 Å². The third-order valence-corrected chi connectivity index (χ3v) is 5.21. The van der Waals surface area contributed by atoms with Crippen molar-refractivity contribution >= 4 is 39.8 Å². The van der Waals surface area contributed by atoms with Gasteiger partial charge in [-0.25, -0.2) is 4.79 Å². The van der Waals surface area contributed by atoms with E-state index in [4.69, 9.17) is 22.1 Å². The molecule has 1 amide bonds. The highest BCUT2D eigenvalue weighted by Crippen LogP contribution is 2.32. The zero-order chi connectivity index (χ0) is 19.3. The number of carbonyl (C=O) groups excluding carboxylic acids is 2. The smallest absolute Gasteiger partial charge is 0.341 e. The second-order valence-electron chi connectivity index (χ2n) is 5.60. The van der Waals surface area contributed by atoms with Crippen LogP contribution in [0, 0.1) is 0 Å². The molecule has 0 aliphatic heterocycles. The van der Waals surface area contributed by atoms with Gasteiger partial charge in [0.2, 0.25) is 0 Å². The first-order valence-corrected chi connectivity index (χ1v) is 9.37. The number of anilines is 1. The third-order valence-electron chi connectivity index (χ3n) is 3.90. The molecule has 0 aliphatic rings. The topological polar surface area (TPSA) is 93.5 Å². The number of hydrogen-bond donors (Lipinski definition) is 3. The Balaban J connectivity index is 2.29. The van der Waals surface area contributed by atoms with Gasteiger partial charge < -0.3 is 21.1 Å². The number of carbonyl (C=O) groups is 2. The summed E-state index contributed by atoms with van der Waals surface area (Å²) in [6, 6.07) is 7.47. The first-order valence-electron chi connectivity index (χ1n) is 8.18. The fourth-order valence-corrected chi connectivity index (χ4v) is 3.65. The average molecular weight is 396 g/mol. The van der Waals surface area contributed by atoms with Crippen LogP contribution in [0.4, 0.5) is 5.00 Å². The summed E-state index contributed by atoms with van der Waals surface area (Å²) < 4.78 is 5.09. The standard InChI is InChI=1S/C18H22ClN3O3S/c1-4-25-18(24)14-13(15(17(23)21-3)26-16(14)20)9-22-10(2)11-5-7-12(19)8-6-11/h5-8,10,22H,4,9,20H2,1-3H3,(H,21,23)/t10-/m1/s1. The number of benzene rings is 1. The molecule has 0 fully saturated rings.